The van der Waals surface area contributed by atoms with Crippen LogP contribution in [0.25, 0.3) is 16.4 Å². The third kappa shape index (κ3) is 4.44. The van der Waals surface area contributed by atoms with Crippen LogP contribution in [0.3, 0.4) is 0 Å². The Labute approximate surface area is 200 Å². The van der Waals surface area contributed by atoms with Crippen LogP contribution >= 0.6 is 11.3 Å². The number of aryl methyl sites for hydroxylation is 3. The Bertz CT molecular complexity index is 1430. The molecule has 0 bridgehead atoms. The minimum absolute atomic E-state index is 0.218. The fourth-order valence-electron chi connectivity index (χ4n) is 3.57. The lowest BCUT2D eigenvalue weighted by Gasteiger charge is -2.09. The summed E-state index contributed by atoms with van der Waals surface area (Å²) in [6, 6.07) is 18.8. The highest BCUT2D eigenvalue weighted by atomic mass is 32.1. The molecule has 0 saturated carbocycles. The topological polar surface area (TPSA) is 103 Å². The van der Waals surface area contributed by atoms with E-state index in [0.29, 0.717) is 23.0 Å². The number of carbonyl (C=O) groups excluding carboxylic acids is 1. The number of hydrogen-bond acceptors (Lipinski definition) is 7. The number of nitrogens with one attached hydrogen (secondary N) is 2. The molecule has 4 aromatic heterocycles. The predicted molar refractivity (Wildman–Crippen MR) is 133 cm³/mol. The van der Waals surface area contributed by atoms with Gasteiger partial charge in [-0.3, -0.25) is 9.48 Å². The molecule has 0 saturated heterocycles. The first-order valence-electron chi connectivity index (χ1n) is 10.6. The molecule has 0 aliphatic carbocycles. The molecule has 0 unspecified atom stereocenters. The third-order valence-corrected chi connectivity index (χ3v) is 6.07. The van der Waals surface area contributed by atoms with Crippen molar-refractivity contribution in [2.75, 3.05) is 10.6 Å². The summed E-state index contributed by atoms with van der Waals surface area (Å²) in [6.45, 7) is 3.92. The zero-order valence-electron chi connectivity index (χ0n) is 18.9. The van der Waals surface area contributed by atoms with Crippen LogP contribution in [0.15, 0.2) is 66.0 Å². The molecule has 1 aromatic carbocycles. The zero-order valence-corrected chi connectivity index (χ0v) is 19.7. The lowest BCUT2D eigenvalue weighted by atomic mass is 10.2. The Morgan fingerprint density at radius 1 is 0.941 bits per heavy atom. The summed E-state index contributed by atoms with van der Waals surface area (Å²) in [6.07, 6.45) is 0. The lowest BCUT2D eigenvalue weighted by molar-refractivity contribution is 0.101. The van der Waals surface area contributed by atoms with Gasteiger partial charge < -0.3 is 10.6 Å². The molecule has 0 atom stereocenters. The standard InChI is InChI=1S/C24H22N8OS/c1-15-13-16(2)32(29-15)23-11-10-22(27-28-23)25-17-6-8-18(9-7-17)26-24(33)20-14-19(30-31(20)3)21-5-4-12-34-21/h4-14H,1-3H3,(H,25,27)(H,26,33). The van der Waals surface area contributed by atoms with Crippen LogP contribution in [0.1, 0.15) is 21.9 Å². The van der Waals surface area contributed by atoms with E-state index in [1.54, 1.807) is 33.8 Å². The van der Waals surface area contributed by atoms with E-state index in [2.05, 4.69) is 31.0 Å². The van der Waals surface area contributed by atoms with Gasteiger partial charge in [0, 0.05) is 24.1 Å². The molecular formula is C24H22N8OS. The Kier molecular flexibility index (Phi) is 5.64. The normalized spacial score (nSPS) is 10.9. The molecule has 5 aromatic rings. The van der Waals surface area contributed by atoms with Crippen LogP contribution in [0, 0.1) is 13.8 Å². The first-order chi connectivity index (χ1) is 16.5. The van der Waals surface area contributed by atoms with Gasteiger partial charge >= 0.3 is 0 Å². The number of nitrogens with zero attached hydrogens (tertiary/aromatic N) is 6. The van der Waals surface area contributed by atoms with Crippen LogP contribution in [0.4, 0.5) is 17.2 Å². The number of anilines is 3. The number of hydrogen-bond donors (Lipinski definition) is 2. The summed E-state index contributed by atoms with van der Waals surface area (Å²) < 4.78 is 3.35. The lowest BCUT2D eigenvalue weighted by Crippen LogP contribution is -2.16. The highest BCUT2D eigenvalue weighted by Crippen LogP contribution is 2.24. The molecule has 9 nitrogen and oxygen atoms in total. The van der Waals surface area contributed by atoms with Crippen molar-refractivity contribution in [2.45, 2.75) is 13.8 Å². The van der Waals surface area contributed by atoms with Crippen molar-refractivity contribution < 1.29 is 4.79 Å². The van der Waals surface area contributed by atoms with Crippen LogP contribution in [-0.2, 0) is 7.05 Å². The van der Waals surface area contributed by atoms with E-state index >= 15 is 0 Å². The molecule has 170 valence electrons. The predicted octanol–water partition coefficient (Wildman–Crippen LogP) is 4.74. The first-order valence-corrected chi connectivity index (χ1v) is 11.5. The van der Waals surface area contributed by atoms with E-state index in [4.69, 9.17) is 0 Å². The van der Waals surface area contributed by atoms with Gasteiger partial charge in [-0.1, -0.05) is 6.07 Å². The van der Waals surface area contributed by atoms with Gasteiger partial charge in [0.15, 0.2) is 11.6 Å². The smallest absolute Gasteiger partial charge is 0.273 e. The number of rotatable bonds is 6. The second-order valence-corrected chi connectivity index (χ2v) is 8.74. The maximum Gasteiger partial charge on any atom is 0.273 e. The van der Waals surface area contributed by atoms with Crippen LogP contribution in [0.2, 0.25) is 0 Å². The van der Waals surface area contributed by atoms with E-state index in [1.807, 2.05) is 73.8 Å². The van der Waals surface area contributed by atoms with Gasteiger partial charge in [0.25, 0.3) is 5.91 Å². The van der Waals surface area contributed by atoms with Gasteiger partial charge in [-0.2, -0.15) is 10.2 Å². The van der Waals surface area contributed by atoms with E-state index in [1.165, 1.54) is 0 Å². The van der Waals surface area contributed by atoms with Crippen molar-refractivity contribution in [1.82, 2.24) is 29.8 Å². The van der Waals surface area contributed by atoms with Gasteiger partial charge in [0.1, 0.15) is 11.4 Å². The van der Waals surface area contributed by atoms with Crippen molar-refractivity contribution in [3.63, 3.8) is 0 Å². The molecular weight excluding hydrogens is 448 g/mol. The maximum atomic E-state index is 12.8. The summed E-state index contributed by atoms with van der Waals surface area (Å²) in [5.74, 6) is 1.05. The third-order valence-electron chi connectivity index (χ3n) is 5.18. The van der Waals surface area contributed by atoms with E-state index in [9.17, 15) is 4.79 Å². The molecule has 1 amide bonds. The average molecular weight is 471 g/mol. The van der Waals surface area contributed by atoms with Gasteiger partial charge in [0.05, 0.1) is 10.6 Å². The molecule has 0 fully saturated rings. The largest absolute Gasteiger partial charge is 0.339 e. The SMILES string of the molecule is Cc1cc(C)n(-c2ccc(Nc3ccc(NC(=O)c4cc(-c5cccs5)nn4C)cc3)nn2)n1. The van der Waals surface area contributed by atoms with Crippen LogP contribution < -0.4 is 10.6 Å². The summed E-state index contributed by atoms with van der Waals surface area (Å²) in [5, 5.41) is 25.5. The van der Waals surface area contributed by atoms with Gasteiger partial charge in [0.2, 0.25) is 0 Å². The number of thiophene rings is 1. The first kappa shape index (κ1) is 21.5. The highest BCUT2D eigenvalue weighted by molar-refractivity contribution is 7.13. The second kappa shape index (κ2) is 8.91. The van der Waals surface area contributed by atoms with Crippen molar-refractivity contribution in [2.24, 2.45) is 7.05 Å². The van der Waals surface area contributed by atoms with Gasteiger partial charge in [-0.15, -0.1) is 21.5 Å². The molecule has 0 radical (unpaired) electrons. The average Bonchev–Trinajstić information content (AvgIpc) is 3.56. The maximum absolute atomic E-state index is 12.8. The minimum Gasteiger partial charge on any atom is -0.339 e. The van der Waals surface area contributed by atoms with E-state index < -0.39 is 0 Å². The second-order valence-electron chi connectivity index (χ2n) is 7.79. The molecule has 34 heavy (non-hydrogen) atoms. The van der Waals surface area contributed by atoms with Crippen LogP contribution in [0.5, 0.6) is 0 Å². The summed E-state index contributed by atoms with van der Waals surface area (Å²) >= 11 is 1.59. The molecule has 0 aliphatic rings. The summed E-state index contributed by atoms with van der Waals surface area (Å²) in [7, 11) is 1.76. The molecule has 10 heteroatoms. The Morgan fingerprint density at radius 3 is 2.38 bits per heavy atom. The quantitative estimate of drug-likeness (QED) is 0.372. The summed E-state index contributed by atoms with van der Waals surface area (Å²) in [5.41, 5.74) is 4.71. The van der Waals surface area contributed by atoms with Crippen molar-refractivity contribution in [3.8, 4) is 16.4 Å². The molecule has 2 N–H and O–H groups in total. The van der Waals surface area contributed by atoms with Crippen molar-refractivity contribution >= 4 is 34.4 Å². The number of benzene rings is 1. The van der Waals surface area contributed by atoms with E-state index in [0.717, 1.165) is 27.6 Å². The van der Waals surface area contributed by atoms with Gasteiger partial charge in [-0.05, 0) is 73.8 Å². The fourth-order valence-corrected chi connectivity index (χ4v) is 4.25. The monoisotopic (exact) mass is 470 g/mol. The van der Waals surface area contributed by atoms with Gasteiger partial charge in [-0.25, -0.2) is 4.68 Å². The fraction of sp³-hybridized carbons (Fsp3) is 0.125. The molecule has 0 spiro atoms. The van der Waals surface area contributed by atoms with Crippen molar-refractivity contribution in [3.05, 3.63) is 83.1 Å². The molecule has 5 rings (SSSR count). The van der Waals surface area contributed by atoms with Crippen molar-refractivity contribution in [1.29, 1.82) is 0 Å². The van der Waals surface area contributed by atoms with Crippen LogP contribution in [-0.4, -0.2) is 35.7 Å². The number of carbonyl (C=O) groups is 1. The Balaban J connectivity index is 1.24. The summed E-state index contributed by atoms with van der Waals surface area (Å²) in [4.78, 5) is 13.8. The Hall–Kier alpha value is -4.31. The number of aromatic nitrogens is 6. The van der Waals surface area contributed by atoms with E-state index in [-0.39, 0.29) is 5.91 Å². The minimum atomic E-state index is -0.218. The molecule has 4 heterocycles. The number of amides is 1. The Morgan fingerprint density at radius 2 is 1.74 bits per heavy atom. The molecule has 0 aliphatic heterocycles. The zero-order chi connectivity index (χ0) is 23.7. The highest BCUT2D eigenvalue weighted by Gasteiger charge is 2.15.